The van der Waals surface area contributed by atoms with E-state index in [1.165, 1.54) is 0 Å². The number of anilines is 1. The predicted octanol–water partition coefficient (Wildman–Crippen LogP) is 2.72. The molecule has 0 unspecified atom stereocenters. The van der Waals surface area contributed by atoms with Gasteiger partial charge in [-0.3, -0.25) is 19.3 Å². The molecule has 2 amide bonds. The summed E-state index contributed by atoms with van der Waals surface area (Å²) in [6.07, 6.45) is -0.252. The van der Waals surface area contributed by atoms with E-state index in [1.54, 1.807) is 55.6 Å². The summed E-state index contributed by atoms with van der Waals surface area (Å²) < 4.78 is 24.6. The van der Waals surface area contributed by atoms with Crippen LogP contribution in [0.1, 0.15) is 38.7 Å². The molecule has 35 heavy (non-hydrogen) atoms. The normalized spacial score (nSPS) is 16.3. The SMILES string of the molecule is COc1ccc([C@@H](CC(=O)Oc2nsnc2N2CCOCC2)N2C(=O)c3ccccc3C2=O)cc1. The van der Waals surface area contributed by atoms with Gasteiger partial charge in [0.1, 0.15) is 5.75 Å². The predicted molar refractivity (Wildman–Crippen MR) is 126 cm³/mol. The van der Waals surface area contributed by atoms with Crippen LogP contribution in [-0.4, -0.2) is 64.8 Å². The zero-order valence-corrected chi connectivity index (χ0v) is 19.7. The summed E-state index contributed by atoms with van der Waals surface area (Å²) in [7, 11) is 1.54. The van der Waals surface area contributed by atoms with Crippen molar-refractivity contribution in [2.24, 2.45) is 0 Å². The van der Waals surface area contributed by atoms with Gasteiger partial charge in [0.15, 0.2) is 0 Å². The van der Waals surface area contributed by atoms with Crippen LogP contribution in [-0.2, 0) is 9.53 Å². The number of imide groups is 1. The average Bonchev–Trinajstić information content (AvgIpc) is 3.45. The van der Waals surface area contributed by atoms with Gasteiger partial charge in [0.25, 0.3) is 17.7 Å². The molecule has 0 radical (unpaired) electrons. The van der Waals surface area contributed by atoms with E-state index in [1.807, 2.05) is 4.90 Å². The quantitative estimate of drug-likeness (QED) is 0.361. The summed E-state index contributed by atoms with van der Waals surface area (Å²) in [5, 5.41) is 0. The number of rotatable bonds is 7. The molecule has 3 heterocycles. The Bertz CT molecular complexity index is 1220. The van der Waals surface area contributed by atoms with Gasteiger partial charge >= 0.3 is 5.97 Å². The summed E-state index contributed by atoms with van der Waals surface area (Å²) in [5.74, 6) is -0.344. The summed E-state index contributed by atoms with van der Waals surface area (Å²) >= 11 is 0.947. The number of fused-ring (bicyclic) bond motifs is 1. The standard InChI is InChI=1S/C24H22N4O6S/c1-32-16-8-6-15(7-9-16)19(28-23(30)17-4-2-3-5-18(17)24(28)31)14-20(29)34-22-21(25-35-26-22)27-10-12-33-13-11-27/h2-9,19H,10-14H2,1H3/t19-/m1/s1. The Kier molecular flexibility index (Phi) is 6.43. The molecule has 10 nitrogen and oxygen atoms in total. The fourth-order valence-electron chi connectivity index (χ4n) is 4.19. The number of ether oxygens (including phenoxy) is 3. The first-order chi connectivity index (χ1) is 17.1. The largest absolute Gasteiger partial charge is 0.497 e. The van der Waals surface area contributed by atoms with E-state index in [2.05, 4.69) is 8.75 Å². The van der Waals surface area contributed by atoms with E-state index in [9.17, 15) is 14.4 Å². The van der Waals surface area contributed by atoms with Crippen LogP contribution in [0.15, 0.2) is 48.5 Å². The maximum atomic E-state index is 13.2. The van der Waals surface area contributed by atoms with Crippen LogP contribution in [0, 0.1) is 0 Å². The molecule has 2 aliphatic rings. The van der Waals surface area contributed by atoms with Crippen molar-refractivity contribution < 1.29 is 28.6 Å². The minimum absolute atomic E-state index is 0.109. The Hall–Kier alpha value is -3.83. The number of amides is 2. The van der Waals surface area contributed by atoms with Crippen molar-refractivity contribution in [3.05, 3.63) is 65.2 Å². The van der Waals surface area contributed by atoms with Crippen LogP contribution < -0.4 is 14.4 Å². The van der Waals surface area contributed by atoms with E-state index in [0.717, 1.165) is 16.6 Å². The van der Waals surface area contributed by atoms with Crippen molar-refractivity contribution in [2.45, 2.75) is 12.5 Å². The van der Waals surface area contributed by atoms with Gasteiger partial charge in [-0.15, -0.1) is 4.37 Å². The van der Waals surface area contributed by atoms with Crippen LogP contribution in [0.3, 0.4) is 0 Å². The monoisotopic (exact) mass is 494 g/mol. The lowest BCUT2D eigenvalue weighted by molar-refractivity contribution is -0.135. The molecule has 180 valence electrons. The number of hydrogen-bond acceptors (Lipinski definition) is 10. The highest BCUT2D eigenvalue weighted by Gasteiger charge is 2.41. The second kappa shape index (κ2) is 9.80. The molecular weight excluding hydrogens is 472 g/mol. The average molecular weight is 495 g/mol. The fraction of sp³-hybridized carbons (Fsp3) is 0.292. The zero-order valence-electron chi connectivity index (χ0n) is 18.9. The first-order valence-electron chi connectivity index (χ1n) is 11.0. The lowest BCUT2D eigenvalue weighted by Gasteiger charge is -2.27. The Balaban J connectivity index is 1.41. The van der Waals surface area contributed by atoms with E-state index in [0.29, 0.717) is 54.6 Å². The van der Waals surface area contributed by atoms with Crippen LogP contribution in [0.25, 0.3) is 0 Å². The third kappa shape index (κ3) is 4.47. The van der Waals surface area contributed by atoms with E-state index in [4.69, 9.17) is 14.2 Å². The smallest absolute Gasteiger partial charge is 0.315 e. The van der Waals surface area contributed by atoms with Gasteiger partial charge in [0.2, 0.25) is 5.82 Å². The molecule has 3 aromatic rings. The Morgan fingerprint density at radius 3 is 2.31 bits per heavy atom. The number of carbonyl (C=O) groups excluding carboxylic acids is 3. The molecular formula is C24H22N4O6S. The maximum Gasteiger partial charge on any atom is 0.315 e. The van der Waals surface area contributed by atoms with E-state index >= 15 is 0 Å². The molecule has 0 aliphatic carbocycles. The lowest BCUT2D eigenvalue weighted by atomic mass is 10.0. The van der Waals surface area contributed by atoms with E-state index in [-0.39, 0.29) is 12.3 Å². The first kappa shape index (κ1) is 22.9. The molecule has 1 fully saturated rings. The second-order valence-corrected chi connectivity index (χ2v) is 8.51. The summed E-state index contributed by atoms with van der Waals surface area (Å²) in [4.78, 5) is 42.5. The molecule has 0 bridgehead atoms. The van der Waals surface area contributed by atoms with Crippen LogP contribution in [0.2, 0.25) is 0 Å². The molecule has 2 aliphatic heterocycles. The van der Waals surface area contributed by atoms with E-state index < -0.39 is 23.8 Å². The Labute approximate surface area is 205 Å². The van der Waals surface area contributed by atoms with Gasteiger partial charge in [0, 0.05) is 13.1 Å². The third-order valence-corrected chi connectivity index (χ3v) is 6.46. The lowest BCUT2D eigenvalue weighted by Crippen LogP contribution is -2.37. The minimum atomic E-state index is -0.876. The van der Waals surface area contributed by atoms with Crippen LogP contribution in [0.5, 0.6) is 11.6 Å². The zero-order chi connectivity index (χ0) is 24.4. The molecule has 1 saturated heterocycles. The summed E-state index contributed by atoms with van der Waals surface area (Å²) in [6.45, 7) is 2.31. The number of nitrogens with zero attached hydrogens (tertiary/aromatic N) is 4. The van der Waals surface area contributed by atoms with Crippen molar-refractivity contribution >= 4 is 35.3 Å². The molecule has 0 saturated carbocycles. The number of methoxy groups -OCH3 is 1. The minimum Gasteiger partial charge on any atom is -0.497 e. The van der Waals surface area contributed by atoms with Gasteiger partial charge in [-0.2, -0.15) is 4.37 Å². The highest BCUT2D eigenvalue weighted by Crippen LogP contribution is 2.35. The highest BCUT2D eigenvalue weighted by molar-refractivity contribution is 6.99. The van der Waals surface area contributed by atoms with Crippen molar-refractivity contribution in [3.8, 4) is 11.6 Å². The maximum absolute atomic E-state index is 13.2. The molecule has 0 N–H and O–H groups in total. The highest BCUT2D eigenvalue weighted by atomic mass is 32.1. The number of carbonyl (C=O) groups is 3. The number of benzene rings is 2. The van der Waals surface area contributed by atoms with Crippen molar-refractivity contribution in [1.29, 1.82) is 0 Å². The van der Waals surface area contributed by atoms with Crippen molar-refractivity contribution in [3.63, 3.8) is 0 Å². The van der Waals surface area contributed by atoms with Gasteiger partial charge < -0.3 is 19.1 Å². The topological polar surface area (TPSA) is 111 Å². The number of hydrogen-bond donors (Lipinski definition) is 0. The Morgan fingerprint density at radius 2 is 1.69 bits per heavy atom. The molecule has 1 atom stereocenters. The van der Waals surface area contributed by atoms with Gasteiger partial charge in [-0.05, 0) is 29.8 Å². The molecule has 0 spiro atoms. The molecule has 2 aromatic carbocycles. The van der Waals surface area contributed by atoms with Crippen LogP contribution >= 0.6 is 11.7 Å². The van der Waals surface area contributed by atoms with Crippen molar-refractivity contribution in [2.75, 3.05) is 38.3 Å². The third-order valence-electron chi connectivity index (χ3n) is 5.96. The summed E-state index contributed by atoms with van der Waals surface area (Å²) in [6, 6.07) is 12.6. The first-order valence-corrected chi connectivity index (χ1v) is 11.8. The number of aromatic nitrogens is 2. The van der Waals surface area contributed by atoms with Gasteiger partial charge in [-0.25, -0.2) is 0 Å². The molecule has 1 aromatic heterocycles. The van der Waals surface area contributed by atoms with Gasteiger partial charge in [0.05, 0.1) is 55.6 Å². The van der Waals surface area contributed by atoms with Crippen molar-refractivity contribution in [1.82, 2.24) is 13.6 Å². The fourth-order valence-corrected chi connectivity index (χ4v) is 4.70. The summed E-state index contributed by atoms with van der Waals surface area (Å²) in [5.41, 5.74) is 1.22. The Morgan fingerprint density at radius 1 is 1.03 bits per heavy atom. The number of morpholine rings is 1. The van der Waals surface area contributed by atoms with Gasteiger partial charge in [-0.1, -0.05) is 24.3 Å². The molecule has 11 heteroatoms. The van der Waals surface area contributed by atoms with Crippen LogP contribution in [0.4, 0.5) is 5.82 Å². The second-order valence-electron chi connectivity index (χ2n) is 7.99. The molecule has 5 rings (SSSR count). The number of esters is 1.